The molecule has 8 heteroatoms. The molecule has 1 atom stereocenters. The summed E-state index contributed by atoms with van der Waals surface area (Å²) in [5, 5.41) is 0. The molecule has 4 heterocycles. The third-order valence-electron chi connectivity index (χ3n) is 5.06. The second-order valence-corrected chi connectivity index (χ2v) is 6.73. The van der Waals surface area contributed by atoms with Crippen molar-refractivity contribution in [2.24, 2.45) is 0 Å². The minimum Gasteiger partial charge on any atom is -0.378 e. The Hall–Kier alpha value is -1.93. The second-order valence-electron chi connectivity index (χ2n) is 6.73. The molecule has 1 aromatic heterocycles. The van der Waals surface area contributed by atoms with E-state index in [-0.39, 0.29) is 11.5 Å². The highest BCUT2D eigenvalue weighted by Crippen LogP contribution is 2.30. The standard InChI is InChI=1S/C16H23N5O3/c1-19-3-4-20(9-15(19)22)13-8-14(18-12-17-13)21-5-7-24-16(10-21)2-6-23-11-16/h8,12H,2-7,9-11H2,1H3. The summed E-state index contributed by atoms with van der Waals surface area (Å²) in [4.78, 5) is 26.8. The van der Waals surface area contributed by atoms with E-state index in [1.54, 1.807) is 11.2 Å². The summed E-state index contributed by atoms with van der Waals surface area (Å²) < 4.78 is 11.5. The van der Waals surface area contributed by atoms with E-state index in [0.717, 1.165) is 50.8 Å². The van der Waals surface area contributed by atoms with Gasteiger partial charge in [0, 0.05) is 45.8 Å². The van der Waals surface area contributed by atoms with Gasteiger partial charge in [0.2, 0.25) is 5.91 Å². The van der Waals surface area contributed by atoms with Gasteiger partial charge in [-0.25, -0.2) is 9.97 Å². The Morgan fingerprint density at radius 1 is 1.12 bits per heavy atom. The van der Waals surface area contributed by atoms with Gasteiger partial charge in [-0.15, -0.1) is 0 Å². The van der Waals surface area contributed by atoms with E-state index in [4.69, 9.17) is 9.47 Å². The van der Waals surface area contributed by atoms with Crippen LogP contribution in [0.15, 0.2) is 12.4 Å². The van der Waals surface area contributed by atoms with Crippen molar-refractivity contribution in [1.82, 2.24) is 14.9 Å². The van der Waals surface area contributed by atoms with E-state index >= 15 is 0 Å². The van der Waals surface area contributed by atoms with Crippen LogP contribution in [0.2, 0.25) is 0 Å². The molecular formula is C16H23N5O3. The van der Waals surface area contributed by atoms with Crippen LogP contribution >= 0.6 is 0 Å². The highest BCUT2D eigenvalue weighted by Gasteiger charge is 2.40. The van der Waals surface area contributed by atoms with Crippen molar-refractivity contribution in [2.45, 2.75) is 12.0 Å². The first-order chi connectivity index (χ1) is 11.7. The van der Waals surface area contributed by atoms with Crippen LogP contribution in [0.4, 0.5) is 11.6 Å². The van der Waals surface area contributed by atoms with E-state index in [0.29, 0.717) is 19.8 Å². The van der Waals surface area contributed by atoms with Crippen LogP contribution in [0.3, 0.4) is 0 Å². The maximum atomic E-state index is 11.9. The number of rotatable bonds is 2. The van der Waals surface area contributed by atoms with Crippen molar-refractivity contribution in [3.8, 4) is 0 Å². The van der Waals surface area contributed by atoms with Crippen molar-refractivity contribution in [1.29, 1.82) is 0 Å². The number of morpholine rings is 1. The van der Waals surface area contributed by atoms with E-state index in [2.05, 4.69) is 14.9 Å². The Morgan fingerprint density at radius 2 is 1.96 bits per heavy atom. The molecule has 3 aliphatic heterocycles. The largest absolute Gasteiger partial charge is 0.378 e. The first kappa shape index (κ1) is 15.6. The van der Waals surface area contributed by atoms with Crippen LogP contribution in [0.5, 0.6) is 0 Å². The van der Waals surface area contributed by atoms with Gasteiger partial charge >= 0.3 is 0 Å². The molecule has 0 radical (unpaired) electrons. The Morgan fingerprint density at radius 3 is 2.71 bits per heavy atom. The number of likely N-dealkylation sites (N-methyl/N-ethyl adjacent to an activating group) is 1. The van der Waals surface area contributed by atoms with Gasteiger partial charge in [-0.05, 0) is 0 Å². The highest BCUT2D eigenvalue weighted by molar-refractivity contribution is 5.82. The maximum absolute atomic E-state index is 11.9. The molecule has 3 fully saturated rings. The molecule has 1 spiro atoms. The zero-order valence-electron chi connectivity index (χ0n) is 14.0. The molecule has 0 aliphatic carbocycles. The molecule has 3 saturated heterocycles. The first-order valence-electron chi connectivity index (χ1n) is 8.43. The van der Waals surface area contributed by atoms with Gasteiger partial charge in [0.25, 0.3) is 0 Å². The number of anilines is 2. The predicted octanol–water partition coefficient (Wildman–Crippen LogP) is -0.249. The molecule has 0 aromatic carbocycles. The van der Waals surface area contributed by atoms with Gasteiger partial charge in [-0.2, -0.15) is 0 Å². The number of carbonyl (C=O) groups is 1. The van der Waals surface area contributed by atoms with Crippen LogP contribution in [-0.4, -0.2) is 86.0 Å². The fraction of sp³-hybridized carbons (Fsp3) is 0.688. The Kier molecular flexibility index (Phi) is 4.01. The number of ether oxygens (including phenoxy) is 2. The van der Waals surface area contributed by atoms with E-state index in [1.807, 2.05) is 18.0 Å². The summed E-state index contributed by atoms with van der Waals surface area (Å²) in [7, 11) is 1.84. The molecule has 4 rings (SSSR count). The predicted molar refractivity (Wildman–Crippen MR) is 88.2 cm³/mol. The minimum absolute atomic E-state index is 0.120. The Labute approximate surface area is 141 Å². The van der Waals surface area contributed by atoms with Crippen LogP contribution in [-0.2, 0) is 14.3 Å². The van der Waals surface area contributed by atoms with Crippen molar-refractivity contribution >= 4 is 17.5 Å². The zero-order chi connectivity index (χ0) is 16.6. The topological polar surface area (TPSA) is 71.0 Å². The number of nitrogens with zero attached hydrogens (tertiary/aromatic N) is 5. The zero-order valence-corrected chi connectivity index (χ0v) is 14.0. The summed E-state index contributed by atoms with van der Waals surface area (Å²) in [6, 6.07) is 1.98. The number of hydrogen-bond donors (Lipinski definition) is 0. The fourth-order valence-electron chi connectivity index (χ4n) is 3.50. The van der Waals surface area contributed by atoms with E-state index < -0.39 is 0 Å². The van der Waals surface area contributed by atoms with Crippen molar-refractivity contribution in [2.75, 3.05) is 69.4 Å². The lowest BCUT2D eigenvalue weighted by Gasteiger charge is -2.40. The molecule has 0 bridgehead atoms. The molecule has 24 heavy (non-hydrogen) atoms. The molecule has 8 nitrogen and oxygen atoms in total. The molecule has 1 unspecified atom stereocenters. The Balaban J connectivity index is 1.51. The monoisotopic (exact) mass is 333 g/mol. The first-order valence-corrected chi connectivity index (χ1v) is 8.43. The number of amides is 1. The lowest BCUT2D eigenvalue weighted by atomic mass is 10.0. The lowest BCUT2D eigenvalue weighted by molar-refractivity contribution is -0.129. The normalized spacial score (nSPS) is 28.0. The summed E-state index contributed by atoms with van der Waals surface area (Å²) >= 11 is 0. The number of piperazine rings is 1. The van der Waals surface area contributed by atoms with Gasteiger partial charge < -0.3 is 24.2 Å². The quantitative estimate of drug-likeness (QED) is 0.739. The number of aromatic nitrogens is 2. The van der Waals surface area contributed by atoms with Crippen LogP contribution in [0.25, 0.3) is 0 Å². The summed E-state index contributed by atoms with van der Waals surface area (Å²) in [6.45, 7) is 5.55. The van der Waals surface area contributed by atoms with E-state index in [1.165, 1.54) is 0 Å². The van der Waals surface area contributed by atoms with Crippen molar-refractivity contribution in [3.05, 3.63) is 12.4 Å². The SMILES string of the molecule is CN1CCN(c2cc(N3CCOC4(CCOC4)C3)ncn2)CC1=O. The van der Waals surface area contributed by atoms with Gasteiger partial charge in [-0.3, -0.25) is 4.79 Å². The lowest BCUT2D eigenvalue weighted by Crippen LogP contribution is -2.52. The van der Waals surface area contributed by atoms with Gasteiger partial charge in [0.15, 0.2) is 0 Å². The molecular weight excluding hydrogens is 310 g/mol. The average molecular weight is 333 g/mol. The van der Waals surface area contributed by atoms with Gasteiger partial charge in [-0.1, -0.05) is 0 Å². The summed E-state index contributed by atoms with van der Waals surface area (Å²) in [5.41, 5.74) is -0.201. The van der Waals surface area contributed by atoms with Crippen LogP contribution in [0.1, 0.15) is 6.42 Å². The molecule has 130 valence electrons. The van der Waals surface area contributed by atoms with Gasteiger partial charge in [0.05, 0.1) is 26.3 Å². The molecule has 0 N–H and O–H groups in total. The van der Waals surface area contributed by atoms with Crippen molar-refractivity contribution in [3.63, 3.8) is 0 Å². The smallest absolute Gasteiger partial charge is 0.241 e. The van der Waals surface area contributed by atoms with Crippen LogP contribution < -0.4 is 9.80 Å². The fourth-order valence-corrected chi connectivity index (χ4v) is 3.50. The number of hydrogen-bond acceptors (Lipinski definition) is 7. The second kappa shape index (κ2) is 6.18. The minimum atomic E-state index is -0.201. The third-order valence-corrected chi connectivity index (χ3v) is 5.06. The Bertz CT molecular complexity index is 619. The molecule has 1 amide bonds. The maximum Gasteiger partial charge on any atom is 0.241 e. The van der Waals surface area contributed by atoms with Crippen molar-refractivity contribution < 1.29 is 14.3 Å². The third kappa shape index (κ3) is 2.91. The van der Waals surface area contributed by atoms with E-state index in [9.17, 15) is 4.79 Å². The van der Waals surface area contributed by atoms with Gasteiger partial charge in [0.1, 0.15) is 23.6 Å². The highest BCUT2D eigenvalue weighted by atomic mass is 16.6. The molecule has 1 aromatic rings. The number of carbonyl (C=O) groups excluding carboxylic acids is 1. The summed E-state index contributed by atoms with van der Waals surface area (Å²) in [5.74, 6) is 1.82. The summed E-state index contributed by atoms with van der Waals surface area (Å²) in [6.07, 6.45) is 2.51. The average Bonchev–Trinajstić information content (AvgIpc) is 3.05. The van der Waals surface area contributed by atoms with Crippen LogP contribution in [0, 0.1) is 0 Å². The molecule has 0 saturated carbocycles. The molecule has 3 aliphatic rings.